The van der Waals surface area contributed by atoms with Crippen LogP contribution in [-0.4, -0.2) is 78.5 Å². The molecule has 0 saturated carbocycles. The second-order valence-electron chi connectivity index (χ2n) is 12.8. The van der Waals surface area contributed by atoms with Crippen molar-refractivity contribution in [2.75, 3.05) is 19.8 Å². The molecule has 3 rings (SSSR count). The monoisotopic (exact) mass is 951 g/mol. The molecule has 12 nitrogen and oxygen atoms in total. The van der Waals surface area contributed by atoms with Gasteiger partial charge in [0.25, 0.3) is 0 Å². The molecular weight excluding hydrogens is 901 g/mol. The number of aliphatic hydroxyl groups is 3. The van der Waals surface area contributed by atoms with Gasteiger partial charge in [-0.25, -0.2) is 39.4 Å². The van der Waals surface area contributed by atoms with Crippen molar-refractivity contribution in [3.63, 3.8) is 0 Å². The Bertz CT molecular complexity index is 1840. The van der Waals surface area contributed by atoms with Crippen LogP contribution in [0.5, 0.6) is 0 Å². The Morgan fingerprint density at radius 3 is 1.25 bits per heavy atom. The van der Waals surface area contributed by atoms with Crippen LogP contribution in [0.15, 0.2) is 85.9 Å². The quantitative estimate of drug-likeness (QED) is 0.0791. The number of benzene rings is 3. The standard InChI is InChI=1S/C12H18BrNO3S.C12H17Cl2NO3S.C12H18ClNO3S/c1-3-9(2)12(8-15)14-18(16,17)11-6-4-10(13)5-7-11;1-3-8(2)10(7-16)15-19(17,18)11-6-4-5-9(13)12(11)14;1-3-9(2)12(8-15)14-18(16,17)11-6-4-10(13)5-7-11/h4-7,9,12,14-15H,3,8H2,1-2H3;4-6,8,10,15-16H,3,7H2,1-2H3;4-7,9,12,14-15H,3,8H2,1-2H3/t9-,12-;8-,10+;9-,12-/m101/s1. The summed E-state index contributed by atoms with van der Waals surface area (Å²) in [4.78, 5) is 0.268. The third-order valence-electron chi connectivity index (χ3n) is 8.96. The molecule has 0 unspecified atom stereocenters. The third-order valence-corrected chi connectivity index (χ3v) is 15.2. The second kappa shape index (κ2) is 24.5. The van der Waals surface area contributed by atoms with Crippen LogP contribution in [0.4, 0.5) is 0 Å². The molecule has 0 fully saturated rings. The van der Waals surface area contributed by atoms with Crippen molar-refractivity contribution in [2.45, 2.75) is 93.6 Å². The summed E-state index contributed by atoms with van der Waals surface area (Å²) in [5.41, 5.74) is 0. The van der Waals surface area contributed by atoms with E-state index in [4.69, 9.17) is 34.8 Å². The zero-order valence-electron chi connectivity index (χ0n) is 31.6. The first-order valence-electron chi connectivity index (χ1n) is 17.5. The minimum Gasteiger partial charge on any atom is -0.395 e. The summed E-state index contributed by atoms with van der Waals surface area (Å²) in [6.07, 6.45) is 2.33. The van der Waals surface area contributed by atoms with Crippen molar-refractivity contribution >= 4 is 80.8 Å². The Morgan fingerprint density at radius 1 is 0.564 bits per heavy atom. The highest BCUT2D eigenvalue weighted by atomic mass is 79.9. The van der Waals surface area contributed by atoms with Crippen LogP contribution in [0.2, 0.25) is 15.1 Å². The van der Waals surface area contributed by atoms with E-state index in [1.807, 2.05) is 41.5 Å². The number of nitrogens with one attached hydrogen (secondary N) is 3. The molecule has 3 aromatic rings. The van der Waals surface area contributed by atoms with Crippen molar-refractivity contribution in [1.29, 1.82) is 0 Å². The highest BCUT2D eigenvalue weighted by molar-refractivity contribution is 9.10. The Labute approximate surface area is 350 Å². The predicted molar refractivity (Wildman–Crippen MR) is 224 cm³/mol. The first kappa shape index (κ1) is 51.6. The van der Waals surface area contributed by atoms with Crippen LogP contribution in [-0.2, 0) is 30.1 Å². The van der Waals surface area contributed by atoms with Gasteiger partial charge in [0.1, 0.15) is 4.90 Å². The van der Waals surface area contributed by atoms with E-state index in [0.717, 1.165) is 23.7 Å². The molecule has 0 aliphatic heterocycles. The Kier molecular flexibility index (Phi) is 23.0. The zero-order chi connectivity index (χ0) is 42.1. The number of hydrogen-bond acceptors (Lipinski definition) is 9. The normalized spacial score (nSPS) is 15.3. The Morgan fingerprint density at radius 2 is 0.909 bits per heavy atom. The van der Waals surface area contributed by atoms with Gasteiger partial charge in [-0.1, -0.05) is 118 Å². The molecule has 0 aliphatic carbocycles. The van der Waals surface area contributed by atoms with Gasteiger partial charge in [0.05, 0.1) is 39.7 Å². The molecule has 6 N–H and O–H groups in total. The van der Waals surface area contributed by atoms with E-state index in [0.29, 0.717) is 5.02 Å². The van der Waals surface area contributed by atoms with Crippen molar-refractivity contribution < 1.29 is 40.6 Å². The zero-order valence-corrected chi connectivity index (χ0v) is 37.9. The average Bonchev–Trinajstić information content (AvgIpc) is 3.15. The third kappa shape index (κ3) is 16.8. The van der Waals surface area contributed by atoms with Gasteiger partial charge in [0.15, 0.2) is 0 Å². The van der Waals surface area contributed by atoms with E-state index in [1.165, 1.54) is 54.6 Å². The number of aliphatic hydroxyl groups excluding tert-OH is 3. The summed E-state index contributed by atoms with van der Waals surface area (Å²) in [5, 5.41) is 28.4. The molecule has 0 amide bonds. The van der Waals surface area contributed by atoms with Crippen LogP contribution in [0, 0.1) is 17.8 Å². The maximum absolute atomic E-state index is 12.2. The number of sulfonamides is 3. The van der Waals surface area contributed by atoms with Crippen molar-refractivity contribution in [3.05, 3.63) is 86.3 Å². The lowest BCUT2D eigenvalue weighted by Gasteiger charge is -2.22. The van der Waals surface area contributed by atoms with Gasteiger partial charge in [0, 0.05) is 27.6 Å². The van der Waals surface area contributed by atoms with Gasteiger partial charge < -0.3 is 15.3 Å². The summed E-state index contributed by atoms with van der Waals surface area (Å²) in [5.74, 6) is 0.162. The fraction of sp³-hybridized carbons (Fsp3) is 0.500. The fourth-order valence-electron chi connectivity index (χ4n) is 4.57. The molecule has 312 valence electrons. The molecule has 55 heavy (non-hydrogen) atoms. The number of hydrogen-bond donors (Lipinski definition) is 6. The second-order valence-corrected chi connectivity index (χ2v) is 20.1. The summed E-state index contributed by atoms with van der Waals surface area (Å²) >= 11 is 20.7. The maximum atomic E-state index is 12.2. The first-order valence-corrected chi connectivity index (χ1v) is 23.9. The molecule has 6 atom stereocenters. The van der Waals surface area contributed by atoms with E-state index < -0.39 is 48.2 Å². The minimum atomic E-state index is -3.81. The van der Waals surface area contributed by atoms with E-state index >= 15 is 0 Å². The molecule has 0 radical (unpaired) electrons. The van der Waals surface area contributed by atoms with Gasteiger partial charge in [-0.15, -0.1) is 0 Å². The molecule has 0 heterocycles. The van der Waals surface area contributed by atoms with Gasteiger partial charge in [-0.05, 0) is 78.4 Å². The Balaban J connectivity index is 0.000000413. The lowest BCUT2D eigenvalue weighted by molar-refractivity contribution is 0.219. The summed E-state index contributed by atoms with van der Waals surface area (Å²) in [6.45, 7) is 10.8. The molecule has 0 spiro atoms. The summed E-state index contributed by atoms with van der Waals surface area (Å²) in [7, 11) is -11.0. The van der Waals surface area contributed by atoms with E-state index in [9.17, 15) is 40.6 Å². The van der Waals surface area contributed by atoms with E-state index in [2.05, 4.69) is 30.1 Å². The topological polar surface area (TPSA) is 199 Å². The number of halogens is 4. The van der Waals surface area contributed by atoms with Crippen LogP contribution < -0.4 is 14.2 Å². The molecule has 3 aromatic carbocycles. The maximum Gasteiger partial charge on any atom is 0.242 e. The van der Waals surface area contributed by atoms with Gasteiger partial charge in [0.2, 0.25) is 30.1 Å². The molecular formula is C36H53BrCl3N3O9S3. The smallest absolute Gasteiger partial charge is 0.242 e. The van der Waals surface area contributed by atoms with Crippen LogP contribution >= 0.6 is 50.7 Å². The average molecular weight is 954 g/mol. The highest BCUT2D eigenvalue weighted by Crippen LogP contribution is 2.29. The van der Waals surface area contributed by atoms with E-state index in [1.54, 1.807) is 12.1 Å². The van der Waals surface area contributed by atoms with Crippen molar-refractivity contribution in [2.24, 2.45) is 17.8 Å². The van der Waals surface area contributed by atoms with Gasteiger partial charge >= 0.3 is 0 Å². The molecule has 0 saturated heterocycles. The predicted octanol–water partition coefficient (Wildman–Crippen LogP) is 6.84. The van der Waals surface area contributed by atoms with Crippen LogP contribution in [0.1, 0.15) is 60.8 Å². The SMILES string of the molecule is CC[C@@H](C)[C@@H](CO)NS(=O)(=O)c1ccc(Br)cc1.CC[C@@H](C)[C@@H](CO)NS(=O)(=O)c1ccc(Cl)cc1.CC[C@H](C)[C@@H](CO)NS(=O)(=O)c1cccc(Cl)c1Cl. The number of rotatable bonds is 18. The van der Waals surface area contributed by atoms with Gasteiger partial charge in [-0.3, -0.25) is 0 Å². The first-order chi connectivity index (χ1) is 25.6. The lowest BCUT2D eigenvalue weighted by Crippen LogP contribution is -2.41. The molecule has 0 aromatic heterocycles. The van der Waals surface area contributed by atoms with E-state index in [-0.39, 0.29) is 62.3 Å². The van der Waals surface area contributed by atoms with Crippen LogP contribution in [0.3, 0.4) is 0 Å². The summed E-state index contributed by atoms with van der Waals surface area (Å²) < 4.78 is 81.1. The minimum absolute atomic E-state index is 0.0118. The van der Waals surface area contributed by atoms with Crippen molar-refractivity contribution in [3.8, 4) is 0 Å². The molecule has 0 aliphatic rings. The Hall–Kier alpha value is -1.38. The van der Waals surface area contributed by atoms with Crippen molar-refractivity contribution in [1.82, 2.24) is 14.2 Å². The largest absolute Gasteiger partial charge is 0.395 e. The summed E-state index contributed by atoms with van der Waals surface area (Å²) in [6, 6.07) is 15.2. The van der Waals surface area contributed by atoms with Gasteiger partial charge in [-0.2, -0.15) is 0 Å². The molecule has 19 heteroatoms. The van der Waals surface area contributed by atoms with Crippen LogP contribution in [0.25, 0.3) is 0 Å². The lowest BCUT2D eigenvalue weighted by atomic mass is 10.0. The fourth-order valence-corrected chi connectivity index (χ4v) is 9.73. The molecule has 0 bridgehead atoms. The highest BCUT2D eigenvalue weighted by Gasteiger charge is 2.26.